The first-order valence-corrected chi connectivity index (χ1v) is 7.53. The Labute approximate surface area is 97.4 Å². The van der Waals surface area contributed by atoms with Crippen LogP contribution < -0.4 is 4.72 Å². The van der Waals surface area contributed by atoms with Gasteiger partial charge in [0.1, 0.15) is 0 Å². The molecule has 1 saturated heterocycles. The first kappa shape index (κ1) is 11.0. The Morgan fingerprint density at radius 1 is 1.20 bits per heavy atom. The molecular weight excluding hydrogens is 226 g/mol. The molecule has 0 radical (unpaired) electrons. The van der Waals surface area contributed by atoms with E-state index in [-0.39, 0.29) is 0 Å². The molecule has 15 heavy (non-hydrogen) atoms. The van der Waals surface area contributed by atoms with Gasteiger partial charge in [-0.1, -0.05) is 18.2 Å². The molecule has 0 bridgehead atoms. The maximum Gasteiger partial charge on any atom is 0.0440 e. The average Bonchev–Trinajstić information content (AvgIpc) is 2.30. The van der Waals surface area contributed by atoms with Gasteiger partial charge in [-0.15, -0.1) is 0 Å². The lowest BCUT2D eigenvalue weighted by Crippen LogP contribution is -2.21. The molecule has 0 aromatic heterocycles. The Hall–Kier alpha value is -0.480. The van der Waals surface area contributed by atoms with E-state index >= 15 is 0 Å². The summed E-state index contributed by atoms with van der Waals surface area (Å²) in [5.41, 5.74) is 1.15. The molecule has 1 heterocycles. The fourth-order valence-electron chi connectivity index (χ4n) is 1.55. The summed E-state index contributed by atoms with van der Waals surface area (Å²) in [4.78, 5) is 0. The lowest BCUT2D eigenvalue weighted by Gasteiger charge is -2.20. The molecule has 4 heteroatoms. The predicted molar refractivity (Wildman–Crippen MR) is 68.6 cm³/mol. The molecule has 0 spiro atoms. The van der Waals surface area contributed by atoms with Crippen LogP contribution in [0.3, 0.4) is 0 Å². The van der Waals surface area contributed by atoms with Crippen molar-refractivity contribution in [2.45, 2.75) is 18.1 Å². The van der Waals surface area contributed by atoms with Crippen LogP contribution >= 0.6 is 11.9 Å². The summed E-state index contributed by atoms with van der Waals surface area (Å²) >= 11 is 1.77. The zero-order chi connectivity index (χ0) is 10.5. The van der Waals surface area contributed by atoms with E-state index in [9.17, 15) is 4.21 Å². The van der Waals surface area contributed by atoms with Crippen LogP contribution in [0.2, 0.25) is 0 Å². The van der Waals surface area contributed by atoms with Gasteiger partial charge in [0.25, 0.3) is 0 Å². The number of hydrogen-bond donors (Lipinski definition) is 1. The Balaban J connectivity index is 1.77. The molecule has 1 fully saturated rings. The molecule has 1 aliphatic heterocycles. The van der Waals surface area contributed by atoms with Gasteiger partial charge in [0.15, 0.2) is 0 Å². The van der Waals surface area contributed by atoms with E-state index in [2.05, 4.69) is 16.9 Å². The smallest absolute Gasteiger partial charge is 0.0440 e. The lowest BCUT2D eigenvalue weighted by atomic mass is 10.2. The monoisotopic (exact) mass is 241 g/mol. The maximum atomic E-state index is 11.2. The second-order valence-corrected chi connectivity index (χ2v) is 6.44. The van der Waals surface area contributed by atoms with Crippen LogP contribution in [0.4, 0.5) is 5.69 Å². The van der Waals surface area contributed by atoms with Crippen molar-refractivity contribution in [2.24, 2.45) is 0 Å². The van der Waals surface area contributed by atoms with Gasteiger partial charge in [-0.05, 0) is 36.9 Å². The van der Waals surface area contributed by atoms with E-state index in [4.69, 9.17) is 0 Å². The van der Waals surface area contributed by atoms with Crippen LogP contribution in [0.1, 0.15) is 12.8 Å². The van der Waals surface area contributed by atoms with E-state index in [1.807, 2.05) is 18.2 Å². The standard InChI is InChI=1S/C11H15NOS2/c13-15-8-6-11(7-9-15)14-12-10-4-2-1-3-5-10/h1-5,11-12H,6-9H2. The van der Waals surface area contributed by atoms with Crippen LogP contribution in [-0.2, 0) is 10.8 Å². The normalized spacial score (nSPS) is 26.1. The highest BCUT2D eigenvalue weighted by Gasteiger charge is 2.18. The van der Waals surface area contributed by atoms with Gasteiger partial charge in [-0.25, -0.2) is 0 Å². The third-order valence-electron chi connectivity index (χ3n) is 2.45. The van der Waals surface area contributed by atoms with E-state index < -0.39 is 10.8 Å². The molecule has 2 nitrogen and oxygen atoms in total. The third-order valence-corrected chi connectivity index (χ3v) is 4.99. The lowest BCUT2D eigenvalue weighted by molar-refractivity contribution is 0.662. The van der Waals surface area contributed by atoms with Gasteiger partial charge in [-0.2, -0.15) is 0 Å². The molecule has 0 aliphatic carbocycles. The van der Waals surface area contributed by atoms with Crippen LogP contribution in [0.15, 0.2) is 30.3 Å². The maximum absolute atomic E-state index is 11.2. The Bertz CT molecular complexity index is 319. The van der Waals surface area contributed by atoms with Gasteiger partial charge >= 0.3 is 0 Å². The summed E-state index contributed by atoms with van der Waals surface area (Å²) in [5, 5.41) is 0.614. The summed E-state index contributed by atoms with van der Waals surface area (Å²) in [6.07, 6.45) is 2.13. The topological polar surface area (TPSA) is 29.1 Å². The second-order valence-electron chi connectivity index (χ2n) is 3.63. The largest absolute Gasteiger partial charge is 0.330 e. The van der Waals surface area contributed by atoms with E-state index in [1.54, 1.807) is 11.9 Å². The van der Waals surface area contributed by atoms with E-state index in [0.29, 0.717) is 5.25 Å². The summed E-state index contributed by atoms with van der Waals surface area (Å²) < 4.78 is 14.5. The zero-order valence-electron chi connectivity index (χ0n) is 8.52. The summed E-state index contributed by atoms with van der Waals surface area (Å²) in [6, 6.07) is 10.2. The van der Waals surface area contributed by atoms with Crippen molar-refractivity contribution in [1.82, 2.24) is 0 Å². The minimum absolute atomic E-state index is 0.550. The van der Waals surface area contributed by atoms with Gasteiger partial charge in [0.05, 0.1) is 0 Å². The van der Waals surface area contributed by atoms with Gasteiger partial charge < -0.3 is 4.72 Å². The van der Waals surface area contributed by atoms with Crippen molar-refractivity contribution in [3.8, 4) is 0 Å². The van der Waals surface area contributed by atoms with Gasteiger partial charge in [0, 0.05) is 33.2 Å². The van der Waals surface area contributed by atoms with Crippen molar-refractivity contribution < 1.29 is 4.21 Å². The molecule has 1 N–H and O–H groups in total. The molecule has 1 aromatic carbocycles. The quantitative estimate of drug-likeness (QED) is 0.825. The number of benzene rings is 1. The zero-order valence-corrected chi connectivity index (χ0v) is 10.2. The van der Waals surface area contributed by atoms with Crippen molar-refractivity contribution in [2.75, 3.05) is 16.2 Å². The molecule has 0 amide bonds. The summed E-state index contributed by atoms with van der Waals surface area (Å²) in [6.45, 7) is 0. The van der Waals surface area contributed by atoms with Crippen LogP contribution in [0.25, 0.3) is 0 Å². The molecule has 0 atom stereocenters. The summed E-state index contributed by atoms with van der Waals surface area (Å²) in [7, 11) is -0.550. The Kier molecular flexibility index (Phi) is 4.09. The highest BCUT2D eigenvalue weighted by atomic mass is 32.2. The second kappa shape index (κ2) is 5.56. The van der Waals surface area contributed by atoms with Crippen molar-refractivity contribution in [1.29, 1.82) is 0 Å². The van der Waals surface area contributed by atoms with Crippen molar-refractivity contribution in [3.63, 3.8) is 0 Å². The minimum atomic E-state index is -0.550. The first-order chi connectivity index (χ1) is 7.34. The number of rotatable bonds is 3. The highest BCUT2D eigenvalue weighted by Crippen LogP contribution is 2.24. The van der Waals surface area contributed by atoms with Crippen LogP contribution in [-0.4, -0.2) is 21.0 Å². The predicted octanol–water partition coefficient (Wildman–Crippen LogP) is 2.66. The molecule has 1 aromatic rings. The van der Waals surface area contributed by atoms with Crippen LogP contribution in [0, 0.1) is 0 Å². The molecule has 2 rings (SSSR count). The Morgan fingerprint density at radius 3 is 2.53 bits per heavy atom. The van der Waals surface area contributed by atoms with Crippen molar-refractivity contribution in [3.05, 3.63) is 30.3 Å². The van der Waals surface area contributed by atoms with E-state index in [0.717, 1.165) is 30.0 Å². The molecule has 1 aliphatic rings. The summed E-state index contributed by atoms with van der Waals surface area (Å²) in [5.74, 6) is 1.74. The number of anilines is 1. The molecule has 82 valence electrons. The fraction of sp³-hybridized carbons (Fsp3) is 0.455. The highest BCUT2D eigenvalue weighted by molar-refractivity contribution is 8.01. The van der Waals surface area contributed by atoms with Crippen LogP contribution in [0.5, 0.6) is 0 Å². The number of para-hydroxylation sites is 1. The molecular formula is C11H15NOS2. The number of hydrogen-bond acceptors (Lipinski definition) is 3. The van der Waals surface area contributed by atoms with Gasteiger partial charge in [-0.3, -0.25) is 4.21 Å². The van der Waals surface area contributed by atoms with Crippen molar-refractivity contribution >= 4 is 28.4 Å². The fourth-order valence-corrected chi connectivity index (χ4v) is 4.06. The minimum Gasteiger partial charge on any atom is -0.330 e. The number of nitrogens with one attached hydrogen (secondary N) is 1. The molecule has 0 saturated carbocycles. The molecule has 0 unspecified atom stereocenters. The third kappa shape index (κ3) is 3.54. The van der Waals surface area contributed by atoms with Gasteiger partial charge in [0.2, 0.25) is 0 Å². The first-order valence-electron chi connectivity index (χ1n) is 5.16. The SMILES string of the molecule is O=S1CCC(SNc2ccccc2)CC1. The van der Waals surface area contributed by atoms with E-state index in [1.165, 1.54) is 0 Å². The average molecular weight is 241 g/mol. The Morgan fingerprint density at radius 2 is 1.87 bits per heavy atom.